The van der Waals surface area contributed by atoms with Crippen LogP contribution in [0.15, 0.2) is 36.4 Å². The first kappa shape index (κ1) is 17.4. The van der Waals surface area contributed by atoms with Crippen molar-refractivity contribution in [1.82, 2.24) is 0 Å². The summed E-state index contributed by atoms with van der Waals surface area (Å²) in [5, 5.41) is 0. The number of rotatable bonds is 7. The van der Waals surface area contributed by atoms with Gasteiger partial charge in [-0.15, -0.1) is 0 Å². The van der Waals surface area contributed by atoms with Crippen LogP contribution in [0.1, 0.15) is 42.0 Å². The molecule has 3 nitrogen and oxygen atoms in total. The zero-order valence-corrected chi connectivity index (χ0v) is 14.7. The third kappa shape index (κ3) is 4.49. The Kier molecular flexibility index (Phi) is 6.05. The maximum atomic E-state index is 6.04. The summed E-state index contributed by atoms with van der Waals surface area (Å²) in [5.41, 5.74) is 4.63. The first-order chi connectivity index (χ1) is 11.0. The molecule has 0 radical (unpaired) electrons. The molecule has 0 aliphatic heterocycles. The molecular weight excluding hydrogens is 288 g/mol. The maximum Gasteiger partial charge on any atom is 0.188 e. The van der Waals surface area contributed by atoms with Gasteiger partial charge in [0.25, 0.3) is 0 Å². The predicted octanol–water partition coefficient (Wildman–Crippen LogP) is 4.99. The zero-order chi connectivity index (χ0) is 16.8. The number of hydrogen-bond donors (Lipinski definition) is 0. The molecular formula is C20H26O3. The predicted molar refractivity (Wildman–Crippen MR) is 93.3 cm³/mol. The molecule has 0 atom stereocenters. The van der Waals surface area contributed by atoms with Gasteiger partial charge < -0.3 is 14.2 Å². The van der Waals surface area contributed by atoms with Crippen LogP contribution in [0.5, 0.6) is 11.5 Å². The minimum absolute atomic E-state index is 0.262. The summed E-state index contributed by atoms with van der Waals surface area (Å²) in [6.45, 7) is 9.28. The smallest absolute Gasteiger partial charge is 0.188 e. The molecule has 0 aromatic heterocycles. The summed E-state index contributed by atoms with van der Waals surface area (Å²) in [6.07, 6.45) is 0. The second kappa shape index (κ2) is 8.02. The summed E-state index contributed by atoms with van der Waals surface area (Å²) >= 11 is 0. The lowest BCUT2D eigenvalue weighted by Crippen LogP contribution is -2.05. The number of benzene rings is 2. The van der Waals surface area contributed by atoms with E-state index in [4.69, 9.17) is 14.2 Å². The average Bonchev–Trinajstić information content (AvgIpc) is 2.52. The zero-order valence-electron chi connectivity index (χ0n) is 14.7. The van der Waals surface area contributed by atoms with Crippen LogP contribution >= 0.6 is 0 Å². The minimum atomic E-state index is 0.262. The standard InChI is InChI=1S/C20H26O3/c1-14(2)18-11-17(9-10-19(18)23-13-21-5)12-22-20-15(3)7-6-8-16(20)4/h6-11,14H,12-13H2,1-5H3. The first-order valence-electron chi connectivity index (χ1n) is 7.96. The van der Waals surface area contributed by atoms with Crippen LogP contribution in [0.3, 0.4) is 0 Å². The molecule has 0 fully saturated rings. The van der Waals surface area contributed by atoms with Crippen LogP contribution in [0.25, 0.3) is 0 Å². The quantitative estimate of drug-likeness (QED) is 0.674. The molecule has 2 rings (SSSR count). The molecule has 0 aliphatic carbocycles. The number of para-hydroxylation sites is 1. The lowest BCUT2D eigenvalue weighted by Gasteiger charge is -2.16. The fraction of sp³-hybridized carbons (Fsp3) is 0.400. The highest BCUT2D eigenvalue weighted by Gasteiger charge is 2.10. The van der Waals surface area contributed by atoms with Crippen molar-refractivity contribution >= 4 is 0 Å². The summed E-state index contributed by atoms with van der Waals surface area (Å²) < 4.78 is 16.7. The van der Waals surface area contributed by atoms with Crippen molar-refractivity contribution in [3.8, 4) is 11.5 Å². The Hall–Kier alpha value is -2.00. The van der Waals surface area contributed by atoms with Gasteiger partial charge in [0.1, 0.15) is 18.1 Å². The molecule has 0 aliphatic rings. The number of methoxy groups -OCH3 is 1. The number of hydrogen-bond acceptors (Lipinski definition) is 3. The fourth-order valence-electron chi connectivity index (χ4n) is 2.58. The normalized spacial score (nSPS) is 10.9. The molecule has 23 heavy (non-hydrogen) atoms. The molecule has 2 aromatic carbocycles. The van der Waals surface area contributed by atoms with Gasteiger partial charge >= 0.3 is 0 Å². The van der Waals surface area contributed by atoms with Crippen molar-refractivity contribution in [2.24, 2.45) is 0 Å². The molecule has 0 heterocycles. The Bertz CT molecular complexity index is 627. The molecule has 0 saturated heterocycles. The Morgan fingerprint density at radius 3 is 2.26 bits per heavy atom. The molecule has 0 bridgehead atoms. The minimum Gasteiger partial charge on any atom is -0.488 e. The van der Waals surface area contributed by atoms with E-state index in [0.717, 1.165) is 28.2 Å². The van der Waals surface area contributed by atoms with Gasteiger partial charge in [-0.25, -0.2) is 0 Å². The third-order valence-electron chi connectivity index (χ3n) is 3.82. The van der Waals surface area contributed by atoms with Crippen LogP contribution in [0.2, 0.25) is 0 Å². The third-order valence-corrected chi connectivity index (χ3v) is 3.82. The van der Waals surface area contributed by atoms with Crippen molar-refractivity contribution < 1.29 is 14.2 Å². The summed E-state index contributed by atoms with van der Waals surface area (Å²) in [7, 11) is 1.63. The van der Waals surface area contributed by atoms with Gasteiger partial charge in [-0.1, -0.05) is 38.1 Å². The van der Waals surface area contributed by atoms with Crippen molar-refractivity contribution in [1.29, 1.82) is 0 Å². The Labute approximate surface area is 139 Å². The van der Waals surface area contributed by atoms with Crippen LogP contribution < -0.4 is 9.47 Å². The van der Waals surface area contributed by atoms with E-state index in [1.54, 1.807) is 7.11 Å². The van der Waals surface area contributed by atoms with Gasteiger partial charge in [-0.2, -0.15) is 0 Å². The molecule has 0 N–H and O–H groups in total. The SMILES string of the molecule is COCOc1ccc(COc2c(C)cccc2C)cc1C(C)C. The fourth-order valence-corrected chi connectivity index (χ4v) is 2.58. The molecule has 124 valence electrons. The van der Waals surface area contributed by atoms with E-state index >= 15 is 0 Å². The van der Waals surface area contributed by atoms with E-state index in [9.17, 15) is 0 Å². The van der Waals surface area contributed by atoms with Crippen LogP contribution in [0.4, 0.5) is 0 Å². The number of aryl methyl sites for hydroxylation is 2. The van der Waals surface area contributed by atoms with Crippen molar-refractivity contribution in [3.05, 3.63) is 58.7 Å². The highest BCUT2D eigenvalue weighted by Crippen LogP contribution is 2.29. The first-order valence-corrected chi connectivity index (χ1v) is 7.96. The Balaban J connectivity index is 2.16. The van der Waals surface area contributed by atoms with Gasteiger partial charge in [0, 0.05) is 7.11 Å². The van der Waals surface area contributed by atoms with Crippen LogP contribution in [0, 0.1) is 13.8 Å². The monoisotopic (exact) mass is 314 g/mol. The second-order valence-electron chi connectivity index (χ2n) is 6.09. The summed E-state index contributed by atoms with van der Waals surface area (Å²) in [5.74, 6) is 2.22. The van der Waals surface area contributed by atoms with Gasteiger partial charge in [-0.05, 0) is 54.2 Å². The van der Waals surface area contributed by atoms with E-state index in [1.165, 1.54) is 5.56 Å². The van der Waals surface area contributed by atoms with Gasteiger partial charge in [0.2, 0.25) is 0 Å². The van der Waals surface area contributed by atoms with E-state index < -0.39 is 0 Å². The topological polar surface area (TPSA) is 27.7 Å². The van der Waals surface area contributed by atoms with Gasteiger partial charge in [-0.3, -0.25) is 0 Å². The molecule has 2 aromatic rings. The van der Waals surface area contributed by atoms with E-state index in [-0.39, 0.29) is 6.79 Å². The second-order valence-corrected chi connectivity index (χ2v) is 6.09. The van der Waals surface area contributed by atoms with E-state index in [2.05, 4.69) is 52.0 Å². The summed E-state index contributed by atoms with van der Waals surface area (Å²) in [6, 6.07) is 12.4. The summed E-state index contributed by atoms with van der Waals surface area (Å²) in [4.78, 5) is 0. The molecule has 0 unspecified atom stereocenters. The van der Waals surface area contributed by atoms with E-state index in [1.807, 2.05) is 12.1 Å². The average molecular weight is 314 g/mol. The van der Waals surface area contributed by atoms with E-state index in [0.29, 0.717) is 12.5 Å². The molecule has 0 spiro atoms. The largest absolute Gasteiger partial charge is 0.488 e. The highest BCUT2D eigenvalue weighted by atomic mass is 16.7. The van der Waals surface area contributed by atoms with Gasteiger partial charge in [0.15, 0.2) is 6.79 Å². The van der Waals surface area contributed by atoms with Crippen LogP contribution in [-0.4, -0.2) is 13.9 Å². The van der Waals surface area contributed by atoms with Gasteiger partial charge in [0.05, 0.1) is 0 Å². The van der Waals surface area contributed by atoms with Crippen molar-refractivity contribution in [3.63, 3.8) is 0 Å². The molecule has 0 saturated carbocycles. The Morgan fingerprint density at radius 1 is 0.957 bits per heavy atom. The lowest BCUT2D eigenvalue weighted by atomic mass is 10.00. The molecule has 0 amide bonds. The number of ether oxygens (including phenoxy) is 3. The maximum absolute atomic E-state index is 6.04. The molecule has 3 heteroatoms. The van der Waals surface area contributed by atoms with Crippen molar-refractivity contribution in [2.45, 2.75) is 40.2 Å². The van der Waals surface area contributed by atoms with Crippen molar-refractivity contribution in [2.75, 3.05) is 13.9 Å². The van der Waals surface area contributed by atoms with Crippen LogP contribution in [-0.2, 0) is 11.3 Å². The highest BCUT2D eigenvalue weighted by molar-refractivity contribution is 5.41. The lowest BCUT2D eigenvalue weighted by molar-refractivity contribution is 0.0502. The Morgan fingerprint density at radius 2 is 1.65 bits per heavy atom.